The first-order valence-corrected chi connectivity index (χ1v) is 2.13. The van der Waals surface area contributed by atoms with Crippen LogP contribution in [0.5, 0.6) is 0 Å². The molecule has 0 saturated heterocycles. The lowest BCUT2D eigenvalue weighted by atomic mass is 10.1. The highest BCUT2D eigenvalue weighted by molar-refractivity contribution is 5.85. The number of hydrogen-bond acceptors (Lipinski definition) is 2. The lowest BCUT2D eigenvalue weighted by Crippen LogP contribution is -2.37. The summed E-state index contributed by atoms with van der Waals surface area (Å²) in [5, 5.41) is 7.99. The summed E-state index contributed by atoms with van der Waals surface area (Å²) in [7, 11) is 0. The number of alkyl halides is 1. The van der Waals surface area contributed by atoms with E-state index in [4.69, 9.17) is 10.8 Å². The molecule has 0 aliphatic rings. The first-order valence-electron chi connectivity index (χ1n) is 2.13. The van der Waals surface area contributed by atoms with Gasteiger partial charge in [-0.05, 0) is 6.92 Å². The van der Waals surface area contributed by atoms with E-state index in [1.165, 1.54) is 0 Å². The fourth-order valence-corrected chi connectivity index (χ4v) is 0.0873. The molecule has 0 amide bonds. The van der Waals surface area contributed by atoms with Crippen molar-refractivity contribution in [1.82, 2.24) is 0 Å². The van der Waals surface area contributed by atoms with E-state index in [-0.39, 0.29) is 12.4 Å². The lowest BCUT2D eigenvalue weighted by Gasteiger charge is -2.09. The van der Waals surface area contributed by atoms with Gasteiger partial charge in [0.25, 0.3) is 0 Å². The molecule has 0 rings (SSSR count). The van der Waals surface area contributed by atoms with Gasteiger partial charge in [0.1, 0.15) is 0 Å². The fourth-order valence-electron chi connectivity index (χ4n) is 0.0873. The minimum absolute atomic E-state index is 0. The van der Waals surface area contributed by atoms with E-state index in [1.807, 2.05) is 0 Å². The van der Waals surface area contributed by atoms with Crippen LogP contribution in [0, 0.1) is 0 Å². The van der Waals surface area contributed by atoms with Gasteiger partial charge in [0.15, 0.2) is 0 Å². The van der Waals surface area contributed by atoms with Gasteiger partial charge in [-0.3, -0.25) is 0 Å². The van der Waals surface area contributed by atoms with Crippen molar-refractivity contribution >= 4 is 18.4 Å². The lowest BCUT2D eigenvalue weighted by molar-refractivity contribution is -0.148. The van der Waals surface area contributed by atoms with Crippen molar-refractivity contribution in [2.75, 3.05) is 6.54 Å². The maximum atomic E-state index is 12.2. The third-order valence-corrected chi connectivity index (χ3v) is 0.829. The van der Waals surface area contributed by atoms with Crippen LogP contribution in [0.2, 0.25) is 0 Å². The standard InChI is InChI=1S/C4H8FNO2.ClH/c1-4(5,2-6)3(7)8;/h2,6H2,1H3,(H,7,8);1H. The number of carboxylic acids is 1. The summed E-state index contributed by atoms with van der Waals surface area (Å²) >= 11 is 0. The van der Waals surface area contributed by atoms with Crippen molar-refractivity contribution < 1.29 is 14.3 Å². The van der Waals surface area contributed by atoms with Crippen molar-refractivity contribution in [2.24, 2.45) is 5.73 Å². The Morgan fingerprint density at radius 2 is 2.22 bits per heavy atom. The zero-order valence-corrected chi connectivity index (χ0v) is 5.74. The molecule has 0 aliphatic heterocycles. The Kier molecular flexibility index (Phi) is 4.62. The quantitative estimate of drug-likeness (QED) is 0.601. The number of carboxylic acid groups (broad SMARTS) is 1. The molecule has 0 aromatic heterocycles. The number of halogens is 2. The molecule has 0 aromatic carbocycles. The number of rotatable bonds is 2. The molecule has 56 valence electrons. The van der Waals surface area contributed by atoms with Crippen LogP contribution >= 0.6 is 12.4 Å². The third-order valence-electron chi connectivity index (χ3n) is 0.829. The zero-order valence-electron chi connectivity index (χ0n) is 4.93. The molecular formula is C4H9ClFNO2. The van der Waals surface area contributed by atoms with E-state index in [0.717, 1.165) is 6.92 Å². The maximum Gasteiger partial charge on any atom is 0.342 e. The highest BCUT2D eigenvalue weighted by Gasteiger charge is 2.30. The van der Waals surface area contributed by atoms with Gasteiger partial charge in [0.05, 0.1) is 0 Å². The molecule has 0 saturated carbocycles. The number of carbonyl (C=O) groups is 1. The normalized spacial score (nSPS) is 15.4. The number of hydrogen-bond donors (Lipinski definition) is 2. The van der Waals surface area contributed by atoms with Gasteiger partial charge >= 0.3 is 5.97 Å². The van der Waals surface area contributed by atoms with E-state index < -0.39 is 18.2 Å². The van der Waals surface area contributed by atoms with Crippen molar-refractivity contribution in [3.63, 3.8) is 0 Å². The summed E-state index contributed by atoms with van der Waals surface area (Å²) in [6, 6.07) is 0. The SMILES string of the molecule is CC(F)(CN)C(=O)O.Cl. The van der Waals surface area contributed by atoms with Crippen LogP contribution in [0.4, 0.5) is 4.39 Å². The van der Waals surface area contributed by atoms with Gasteiger partial charge in [-0.25, -0.2) is 9.18 Å². The molecule has 3 nitrogen and oxygen atoms in total. The summed E-state index contributed by atoms with van der Waals surface area (Å²) in [6.07, 6.45) is 0. The molecule has 3 N–H and O–H groups in total. The first-order chi connectivity index (χ1) is 3.50. The average molecular weight is 158 g/mol. The summed E-state index contributed by atoms with van der Waals surface area (Å²) in [5.74, 6) is -1.51. The van der Waals surface area contributed by atoms with Gasteiger partial charge in [0, 0.05) is 6.54 Å². The summed E-state index contributed by atoms with van der Waals surface area (Å²) in [4.78, 5) is 9.80. The van der Waals surface area contributed by atoms with Crippen LogP contribution in [0.3, 0.4) is 0 Å². The van der Waals surface area contributed by atoms with Crippen LogP contribution in [-0.2, 0) is 4.79 Å². The highest BCUT2D eigenvalue weighted by Crippen LogP contribution is 2.05. The Morgan fingerprint density at radius 1 is 1.89 bits per heavy atom. The van der Waals surface area contributed by atoms with Crippen molar-refractivity contribution in [2.45, 2.75) is 12.6 Å². The van der Waals surface area contributed by atoms with E-state index >= 15 is 0 Å². The van der Waals surface area contributed by atoms with E-state index in [0.29, 0.717) is 0 Å². The minimum atomic E-state index is -2.26. The van der Waals surface area contributed by atoms with Crippen LogP contribution in [0.15, 0.2) is 0 Å². The van der Waals surface area contributed by atoms with Crippen molar-refractivity contribution in [3.8, 4) is 0 Å². The smallest absolute Gasteiger partial charge is 0.342 e. The van der Waals surface area contributed by atoms with Gasteiger partial charge in [-0.1, -0.05) is 0 Å². The zero-order chi connectivity index (χ0) is 6.78. The first kappa shape index (κ1) is 11.4. The van der Waals surface area contributed by atoms with Crippen molar-refractivity contribution in [3.05, 3.63) is 0 Å². The predicted octanol–water partition coefficient (Wildman–Crippen LogP) is 0.180. The Bertz CT molecular complexity index is 107. The molecule has 1 atom stereocenters. The molecule has 0 radical (unpaired) electrons. The second-order valence-corrected chi connectivity index (χ2v) is 1.71. The molecule has 9 heavy (non-hydrogen) atoms. The second-order valence-electron chi connectivity index (χ2n) is 1.71. The second kappa shape index (κ2) is 3.63. The summed E-state index contributed by atoms with van der Waals surface area (Å²) in [5.41, 5.74) is 2.49. The molecule has 0 bridgehead atoms. The van der Waals surface area contributed by atoms with Crippen LogP contribution in [-0.4, -0.2) is 23.3 Å². The fraction of sp³-hybridized carbons (Fsp3) is 0.750. The number of nitrogens with two attached hydrogens (primary N) is 1. The van der Waals surface area contributed by atoms with Crippen LogP contribution < -0.4 is 5.73 Å². The van der Waals surface area contributed by atoms with E-state index in [9.17, 15) is 9.18 Å². The van der Waals surface area contributed by atoms with Gasteiger partial charge in [-0.15, -0.1) is 12.4 Å². The van der Waals surface area contributed by atoms with E-state index in [2.05, 4.69) is 0 Å². The van der Waals surface area contributed by atoms with Crippen molar-refractivity contribution in [1.29, 1.82) is 0 Å². The summed E-state index contributed by atoms with van der Waals surface area (Å²) in [6.45, 7) is 0.442. The third kappa shape index (κ3) is 3.26. The molecule has 5 heteroatoms. The van der Waals surface area contributed by atoms with E-state index in [1.54, 1.807) is 0 Å². The summed E-state index contributed by atoms with van der Waals surface area (Å²) < 4.78 is 12.2. The predicted molar refractivity (Wildman–Crippen MR) is 33.5 cm³/mol. The molecule has 0 heterocycles. The molecule has 0 aliphatic carbocycles. The van der Waals surface area contributed by atoms with Crippen LogP contribution in [0.1, 0.15) is 6.92 Å². The molecule has 0 spiro atoms. The largest absolute Gasteiger partial charge is 0.479 e. The Hall–Kier alpha value is -0.350. The molecular weight excluding hydrogens is 148 g/mol. The Labute approximate surface area is 58.4 Å². The van der Waals surface area contributed by atoms with Gasteiger partial charge in [-0.2, -0.15) is 0 Å². The Balaban J connectivity index is 0. The highest BCUT2D eigenvalue weighted by atomic mass is 35.5. The molecule has 1 unspecified atom stereocenters. The molecule has 0 aromatic rings. The molecule has 0 fully saturated rings. The van der Waals surface area contributed by atoms with Crippen LogP contribution in [0.25, 0.3) is 0 Å². The van der Waals surface area contributed by atoms with Gasteiger partial charge in [0.2, 0.25) is 5.67 Å². The number of aliphatic carboxylic acids is 1. The van der Waals surface area contributed by atoms with Gasteiger partial charge < -0.3 is 10.8 Å². The topological polar surface area (TPSA) is 63.3 Å². The monoisotopic (exact) mass is 157 g/mol. The maximum absolute atomic E-state index is 12.2. The minimum Gasteiger partial charge on any atom is -0.479 e. The average Bonchev–Trinajstić information content (AvgIpc) is 1.67. The Morgan fingerprint density at radius 3 is 2.22 bits per heavy atom.